The van der Waals surface area contributed by atoms with Gasteiger partial charge in [0.25, 0.3) is 5.69 Å². The van der Waals surface area contributed by atoms with Gasteiger partial charge < -0.3 is 0 Å². The molecule has 0 bridgehead atoms. The van der Waals surface area contributed by atoms with Crippen molar-refractivity contribution in [1.29, 1.82) is 0 Å². The van der Waals surface area contributed by atoms with Gasteiger partial charge in [-0.3, -0.25) is 10.1 Å². The normalized spacial score (nSPS) is 14.6. The molecule has 0 spiro atoms. The van der Waals surface area contributed by atoms with Gasteiger partial charge in [-0.1, -0.05) is 26.0 Å². The minimum Gasteiger partial charge on any atom is -0.258 e. The number of nitro groups is 1. The van der Waals surface area contributed by atoms with Crippen LogP contribution in [0.4, 0.5) is 5.69 Å². The van der Waals surface area contributed by atoms with Gasteiger partial charge in [-0.15, -0.1) is 11.6 Å². The van der Waals surface area contributed by atoms with Gasteiger partial charge in [0, 0.05) is 17.0 Å². The molecule has 1 rings (SSSR count). The van der Waals surface area contributed by atoms with Crippen molar-refractivity contribution in [2.75, 3.05) is 0 Å². The SMILES string of the molecule is Cc1c(CC(C(C)C)C(C)Cl)cccc1[N+](=O)[O-]. The zero-order valence-corrected chi connectivity index (χ0v) is 12.1. The Bertz CT molecular complexity index is 422. The molecule has 0 aromatic heterocycles. The first-order chi connectivity index (χ1) is 8.34. The number of rotatable bonds is 5. The molecule has 0 saturated carbocycles. The second-order valence-corrected chi connectivity index (χ2v) is 5.80. The standard InChI is InChI=1S/C14H20ClNO2/c1-9(2)13(11(4)15)8-12-6-5-7-14(10(12)3)16(17)18/h5-7,9,11,13H,8H2,1-4H3. The number of nitrogens with zero attached hydrogens (tertiary/aromatic N) is 1. The van der Waals surface area contributed by atoms with Crippen molar-refractivity contribution >= 4 is 17.3 Å². The molecule has 4 heteroatoms. The number of nitro benzene ring substituents is 1. The van der Waals surface area contributed by atoms with Gasteiger partial charge >= 0.3 is 0 Å². The van der Waals surface area contributed by atoms with Crippen LogP contribution in [0.5, 0.6) is 0 Å². The number of hydrogen-bond acceptors (Lipinski definition) is 2. The molecule has 0 heterocycles. The molecule has 3 nitrogen and oxygen atoms in total. The third-order valence-corrected chi connectivity index (χ3v) is 3.84. The maximum Gasteiger partial charge on any atom is 0.272 e. The molecule has 0 radical (unpaired) electrons. The molecule has 0 aliphatic carbocycles. The summed E-state index contributed by atoms with van der Waals surface area (Å²) in [6.45, 7) is 8.06. The van der Waals surface area contributed by atoms with E-state index in [0.717, 1.165) is 17.5 Å². The van der Waals surface area contributed by atoms with E-state index < -0.39 is 0 Å². The summed E-state index contributed by atoms with van der Waals surface area (Å²) in [4.78, 5) is 10.6. The van der Waals surface area contributed by atoms with Crippen molar-refractivity contribution in [2.45, 2.75) is 39.5 Å². The van der Waals surface area contributed by atoms with Crippen LogP contribution in [0.1, 0.15) is 31.9 Å². The molecule has 0 N–H and O–H groups in total. The van der Waals surface area contributed by atoms with Crippen LogP contribution >= 0.6 is 11.6 Å². The molecule has 0 amide bonds. The van der Waals surface area contributed by atoms with E-state index in [0.29, 0.717) is 11.8 Å². The first kappa shape index (κ1) is 15.0. The predicted octanol–water partition coefficient (Wildman–Crippen LogP) is 4.35. The molecule has 1 aromatic carbocycles. The zero-order chi connectivity index (χ0) is 13.9. The van der Waals surface area contributed by atoms with Crippen LogP contribution in [0.15, 0.2) is 18.2 Å². The average Bonchev–Trinajstić information content (AvgIpc) is 2.26. The van der Waals surface area contributed by atoms with E-state index in [-0.39, 0.29) is 16.0 Å². The number of alkyl halides is 1. The summed E-state index contributed by atoms with van der Waals surface area (Å²) < 4.78 is 0. The van der Waals surface area contributed by atoms with Crippen molar-refractivity contribution in [3.63, 3.8) is 0 Å². The Hall–Kier alpha value is -1.09. The van der Waals surface area contributed by atoms with Crippen LogP contribution < -0.4 is 0 Å². The Morgan fingerprint density at radius 1 is 1.33 bits per heavy atom. The minimum absolute atomic E-state index is 0.0589. The van der Waals surface area contributed by atoms with Crippen LogP contribution in [0.25, 0.3) is 0 Å². The van der Waals surface area contributed by atoms with Gasteiger partial charge in [0.15, 0.2) is 0 Å². The second-order valence-electron chi connectivity index (χ2n) is 5.11. The van der Waals surface area contributed by atoms with Gasteiger partial charge in [-0.2, -0.15) is 0 Å². The molecule has 0 saturated heterocycles. The molecule has 1 aromatic rings. The Labute approximate surface area is 113 Å². The van der Waals surface area contributed by atoms with Gasteiger partial charge in [-0.05, 0) is 37.7 Å². The summed E-state index contributed by atoms with van der Waals surface area (Å²) in [7, 11) is 0. The second kappa shape index (κ2) is 6.19. The lowest BCUT2D eigenvalue weighted by atomic mass is 9.85. The van der Waals surface area contributed by atoms with Crippen molar-refractivity contribution in [3.05, 3.63) is 39.4 Å². The molecule has 2 unspecified atom stereocenters. The van der Waals surface area contributed by atoms with Gasteiger partial charge in [-0.25, -0.2) is 0 Å². The summed E-state index contributed by atoms with van der Waals surface area (Å²) in [5.41, 5.74) is 1.97. The highest BCUT2D eigenvalue weighted by molar-refractivity contribution is 6.20. The lowest BCUT2D eigenvalue weighted by molar-refractivity contribution is -0.385. The monoisotopic (exact) mass is 269 g/mol. The van der Waals surface area contributed by atoms with Gasteiger partial charge in [0.1, 0.15) is 0 Å². The van der Waals surface area contributed by atoms with E-state index in [2.05, 4.69) is 13.8 Å². The zero-order valence-electron chi connectivity index (χ0n) is 11.3. The van der Waals surface area contributed by atoms with E-state index in [4.69, 9.17) is 11.6 Å². The Morgan fingerprint density at radius 3 is 2.39 bits per heavy atom. The quantitative estimate of drug-likeness (QED) is 0.453. The topological polar surface area (TPSA) is 43.1 Å². The maximum absolute atomic E-state index is 10.9. The molecule has 2 atom stereocenters. The predicted molar refractivity (Wildman–Crippen MR) is 75.2 cm³/mol. The lowest BCUT2D eigenvalue weighted by Gasteiger charge is -2.24. The third-order valence-electron chi connectivity index (χ3n) is 3.52. The summed E-state index contributed by atoms with van der Waals surface area (Å²) in [5, 5.41) is 11.0. The summed E-state index contributed by atoms with van der Waals surface area (Å²) in [5.74, 6) is 0.781. The van der Waals surface area contributed by atoms with Crippen molar-refractivity contribution in [1.82, 2.24) is 0 Å². The Morgan fingerprint density at radius 2 is 1.94 bits per heavy atom. The van der Waals surface area contributed by atoms with E-state index >= 15 is 0 Å². The smallest absolute Gasteiger partial charge is 0.258 e. The fraction of sp³-hybridized carbons (Fsp3) is 0.571. The molecule has 0 aliphatic rings. The Kier molecular flexibility index (Phi) is 5.15. The average molecular weight is 270 g/mol. The minimum atomic E-state index is -0.326. The molecule has 18 heavy (non-hydrogen) atoms. The number of hydrogen-bond donors (Lipinski definition) is 0. The van der Waals surface area contributed by atoms with E-state index in [1.54, 1.807) is 12.1 Å². The summed E-state index contributed by atoms with van der Waals surface area (Å²) in [6, 6.07) is 5.25. The first-order valence-electron chi connectivity index (χ1n) is 6.21. The fourth-order valence-electron chi connectivity index (χ4n) is 2.27. The third kappa shape index (κ3) is 3.45. The number of halogens is 1. The highest BCUT2D eigenvalue weighted by Gasteiger charge is 2.22. The van der Waals surface area contributed by atoms with E-state index in [1.165, 1.54) is 0 Å². The Balaban J connectivity index is 3.04. The lowest BCUT2D eigenvalue weighted by Crippen LogP contribution is -2.21. The molecular weight excluding hydrogens is 250 g/mol. The van der Waals surface area contributed by atoms with Crippen LogP contribution in [0.3, 0.4) is 0 Å². The first-order valence-corrected chi connectivity index (χ1v) is 6.65. The largest absolute Gasteiger partial charge is 0.272 e. The number of benzene rings is 1. The summed E-state index contributed by atoms with van der Waals surface area (Å²) >= 11 is 6.21. The van der Waals surface area contributed by atoms with Crippen LogP contribution in [0.2, 0.25) is 0 Å². The van der Waals surface area contributed by atoms with Crippen molar-refractivity contribution < 1.29 is 4.92 Å². The molecule has 0 fully saturated rings. The highest BCUT2D eigenvalue weighted by atomic mass is 35.5. The van der Waals surface area contributed by atoms with Gasteiger partial charge in [0.05, 0.1) is 4.92 Å². The van der Waals surface area contributed by atoms with Gasteiger partial charge in [0.2, 0.25) is 0 Å². The van der Waals surface area contributed by atoms with Crippen LogP contribution in [-0.2, 0) is 6.42 Å². The molecular formula is C14H20ClNO2. The van der Waals surface area contributed by atoms with Crippen molar-refractivity contribution in [3.8, 4) is 0 Å². The van der Waals surface area contributed by atoms with Crippen molar-refractivity contribution in [2.24, 2.45) is 11.8 Å². The highest BCUT2D eigenvalue weighted by Crippen LogP contribution is 2.28. The van der Waals surface area contributed by atoms with E-state index in [1.807, 2.05) is 19.9 Å². The van der Waals surface area contributed by atoms with Crippen LogP contribution in [-0.4, -0.2) is 10.3 Å². The summed E-state index contributed by atoms with van der Waals surface area (Å²) in [6.07, 6.45) is 0.788. The molecule has 100 valence electrons. The van der Waals surface area contributed by atoms with E-state index in [9.17, 15) is 10.1 Å². The maximum atomic E-state index is 10.9. The molecule has 0 aliphatic heterocycles. The van der Waals surface area contributed by atoms with Crippen LogP contribution in [0, 0.1) is 28.9 Å². The fourth-order valence-corrected chi connectivity index (χ4v) is 2.65.